The number of hydrogen-bond donors (Lipinski definition) is 2. The Bertz CT molecular complexity index is 839. The van der Waals surface area contributed by atoms with Gasteiger partial charge in [0.05, 0.1) is 5.69 Å². The van der Waals surface area contributed by atoms with Crippen molar-refractivity contribution in [2.75, 3.05) is 37.6 Å². The largest absolute Gasteiger partial charge is 0.465 e. The van der Waals surface area contributed by atoms with Crippen LogP contribution < -0.4 is 10.2 Å². The van der Waals surface area contributed by atoms with Crippen molar-refractivity contribution in [2.24, 2.45) is 0 Å². The van der Waals surface area contributed by atoms with Gasteiger partial charge in [0.15, 0.2) is 0 Å². The fourth-order valence-corrected chi connectivity index (χ4v) is 3.18. The highest BCUT2D eigenvalue weighted by atomic mass is 19.1. The number of carbonyl (C=O) groups excluding carboxylic acids is 1. The van der Waals surface area contributed by atoms with E-state index in [4.69, 9.17) is 9.84 Å². The highest BCUT2D eigenvalue weighted by Gasteiger charge is 2.22. The van der Waals surface area contributed by atoms with E-state index in [1.54, 1.807) is 6.07 Å². The van der Waals surface area contributed by atoms with Gasteiger partial charge in [0, 0.05) is 32.7 Å². The number of piperazine rings is 1. The summed E-state index contributed by atoms with van der Waals surface area (Å²) in [5.41, 5.74) is 2.14. The normalized spacial score (nSPS) is 13.8. The predicted octanol–water partition coefficient (Wildman–Crippen LogP) is 3.09. The third-order valence-corrected chi connectivity index (χ3v) is 4.80. The second kappa shape index (κ2) is 9.77. The lowest BCUT2D eigenvalue weighted by Gasteiger charge is -2.34. The molecule has 0 aromatic heterocycles. The fraction of sp³-hybridized carbons (Fsp3) is 0.333. The first-order valence-corrected chi connectivity index (χ1v) is 9.49. The van der Waals surface area contributed by atoms with Gasteiger partial charge in [-0.25, -0.2) is 14.0 Å². The molecule has 2 amide bonds. The maximum absolute atomic E-state index is 14.5. The molecule has 0 spiro atoms. The van der Waals surface area contributed by atoms with E-state index < -0.39 is 12.2 Å². The minimum Gasteiger partial charge on any atom is -0.465 e. The lowest BCUT2D eigenvalue weighted by atomic mass is 10.1. The molecule has 2 aromatic carbocycles. The summed E-state index contributed by atoms with van der Waals surface area (Å²) in [6, 6.07) is 14.4. The van der Waals surface area contributed by atoms with Crippen molar-refractivity contribution in [3.63, 3.8) is 0 Å². The number of nitrogens with one attached hydrogen (secondary N) is 1. The summed E-state index contributed by atoms with van der Waals surface area (Å²) in [7, 11) is 0. The lowest BCUT2D eigenvalue weighted by Crippen LogP contribution is -2.48. The Morgan fingerprint density at radius 2 is 1.76 bits per heavy atom. The van der Waals surface area contributed by atoms with E-state index in [9.17, 15) is 14.0 Å². The van der Waals surface area contributed by atoms with Crippen LogP contribution in [0.2, 0.25) is 0 Å². The monoisotopic (exact) mass is 401 g/mol. The Balaban J connectivity index is 1.43. The van der Waals surface area contributed by atoms with E-state index in [-0.39, 0.29) is 12.4 Å². The molecule has 0 radical (unpaired) electrons. The van der Waals surface area contributed by atoms with Crippen LogP contribution in [0.15, 0.2) is 48.5 Å². The van der Waals surface area contributed by atoms with Gasteiger partial charge in [-0.3, -0.25) is 0 Å². The van der Waals surface area contributed by atoms with Crippen LogP contribution in [-0.2, 0) is 17.8 Å². The number of halogens is 1. The molecule has 0 atom stereocenters. The summed E-state index contributed by atoms with van der Waals surface area (Å²) < 4.78 is 19.6. The van der Waals surface area contributed by atoms with Gasteiger partial charge < -0.3 is 25.0 Å². The highest BCUT2D eigenvalue weighted by molar-refractivity contribution is 5.67. The number of anilines is 1. The van der Waals surface area contributed by atoms with E-state index in [1.165, 1.54) is 11.0 Å². The second-order valence-electron chi connectivity index (χ2n) is 6.78. The van der Waals surface area contributed by atoms with Crippen LogP contribution in [0.25, 0.3) is 0 Å². The fourth-order valence-electron chi connectivity index (χ4n) is 3.18. The van der Waals surface area contributed by atoms with Crippen LogP contribution in [-0.4, -0.2) is 54.9 Å². The van der Waals surface area contributed by atoms with Crippen molar-refractivity contribution < 1.29 is 23.8 Å². The number of rotatable bonds is 6. The maximum atomic E-state index is 14.5. The summed E-state index contributed by atoms with van der Waals surface area (Å²) in [5.74, 6) is -0.349. The minimum absolute atomic E-state index is 0.200. The van der Waals surface area contributed by atoms with Crippen LogP contribution >= 0.6 is 0 Å². The average Bonchev–Trinajstić information content (AvgIpc) is 2.73. The van der Waals surface area contributed by atoms with E-state index >= 15 is 0 Å². The Hall–Kier alpha value is -3.29. The van der Waals surface area contributed by atoms with Gasteiger partial charge in [-0.05, 0) is 29.7 Å². The van der Waals surface area contributed by atoms with Crippen LogP contribution in [0.1, 0.15) is 11.1 Å². The first-order chi connectivity index (χ1) is 14.0. The Morgan fingerprint density at radius 1 is 1.03 bits per heavy atom. The topological polar surface area (TPSA) is 82.1 Å². The maximum Gasteiger partial charge on any atom is 0.407 e. The molecule has 29 heavy (non-hydrogen) atoms. The van der Waals surface area contributed by atoms with Crippen LogP contribution in [0, 0.1) is 5.82 Å². The second-order valence-corrected chi connectivity index (χ2v) is 6.78. The zero-order chi connectivity index (χ0) is 20.6. The Morgan fingerprint density at radius 3 is 2.41 bits per heavy atom. The molecule has 2 aromatic rings. The molecule has 3 rings (SSSR count). The first-order valence-electron chi connectivity index (χ1n) is 9.49. The SMILES string of the molecule is O=C(NCCc1ccc(N2CCN(C(=O)O)CC2)c(F)c1)OCc1ccccc1. The van der Waals surface area contributed by atoms with E-state index in [2.05, 4.69) is 5.32 Å². The predicted molar refractivity (Wildman–Crippen MR) is 107 cm³/mol. The molecule has 1 heterocycles. The van der Waals surface area contributed by atoms with Gasteiger partial charge in [-0.1, -0.05) is 36.4 Å². The van der Waals surface area contributed by atoms with Gasteiger partial charge in [0.2, 0.25) is 0 Å². The molecule has 0 saturated carbocycles. The van der Waals surface area contributed by atoms with Gasteiger partial charge in [0.25, 0.3) is 0 Å². The number of carboxylic acid groups (broad SMARTS) is 1. The minimum atomic E-state index is -0.949. The van der Waals surface area contributed by atoms with Crippen molar-refractivity contribution in [1.29, 1.82) is 0 Å². The third-order valence-electron chi connectivity index (χ3n) is 4.80. The van der Waals surface area contributed by atoms with Gasteiger partial charge in [0.1, 0.15) is 12.4 Å². The van der Waals surface area contributed by atoms with Gasteiger partial charge >= 0.3 is 12.2 Å². The molecule has 8 heteroatoms. The number of carbonyl (C=O) groups is 2. The number of alkyl carbamates (subject to hydrolysis) is 1. The molecule has 1 fully saturated rings. The molecule has 0 aliphatic carbocycles. The summed E-state index contributed by atoms with van der Waals surface area (Å²) in [6.07, 6.45) is -0.984. The third kappa shape index (κ3) is 5.84. The zero-order valence-electron chi connectivity index (χ0n) is 16.0. The van der Waals surface area contributed by atoms with Crippen molar-refractivity contribution >= 4 is 17.9 Å². The number of benzene rings is 2. The van der Waals surface area contributed by atoms with Gasteiger partial charge in [-0.2, -0.15) is 0 Å². The summed E-state index contributed by atoms with van der Waals surface area (Å²) >= 11 is 0. The first kappa shape index (κ1) is 20.4. The van der Waals surface area contributed by atoms with E-state index in [1.807, 2.05) is 41.3 Å². The van der Waals surface area contributed by atoms with E-state index in [0.29, 0.717) is 44.8 Å². The van der Waals surface area contributed by atoms with Gasteiger partial charge in [-0.15, -0.1) is 0 Å². The molecule has 154 valence electrons. The molecule has 1 aliphatic rings. The van der Waals surface area contributed by atoms with Crippen molar-refractivity contribution in [1.82, 2.24) is 10.2 Å². The molecular formula is C21H24FN3O4. The van der Waals surface area contributed by atoms with Crippen LogP contribution in [0.3, 0.4) is 0 Å². The Labute approximate surface area is 168 Å². The standard InChI is InChI=1S/C21H24FN3O4/c22-18-14-16(6-7-19(18)24-10-12-25(13-11-24)21(27)28)8-9-23-20(26)29-15-17-4-2-1-3-5-17/h1-7,14H,8-13,15H2,(H,23,26)(H,27,28). The van der Waals surface area contributed by atoms with E-state index in [0.717, 1.165) is 11.1 Å². The Kier molecular flexibility index (Phi) is 6.89. The van der Waals surface area contributed by atoms with Crippen molar-refractivity contribution in [3.05, 3.63) is 65.5 Å². The van der Waals surface area contributed by atoms with Crippen LogP contribution in [0.5, 0.6) is 0 Å². The number of nitrogens with zero attached hydrogens (tertiary/aromatic N) is 2. The number of amides is 2. The van der Waals surface area contributed by atoms with Crippen LogP contribution in [0.4, 0.5) is 19.7 Å². The average molecular weight is 401 g/mol. The molecular weight excluding hydrogens is 377 g/mol. The highest BCUT2D eigenvalue weighted by Crippen LogP contribution is 2.22. The molecule has 1 aliphatic heterocycles. The molecule has 0 unspecified atom stereocenters. The van der Waals surface area contributed by atoms with Crippen molar-refractivity contribution in [3.8, 4) is 0 Å². The quantitative estimate of drug-likeness (QED) is 0.777. The molecule has 0 bridgehead atoms. The summed E-state index contributed by atoms with van der Waals surface area (Å²) in [5, 5.41) is 11.7. The zero-order valence-corrected chi connectivity index (χ0v) is 16.0. The molecule has 2 N–H and O–H groups in total. The number of ether oxygens (including phenoxy) is 1. The molecule has 1 saturated heterocycles. The summed E-state index contributed by atoms with van der Waals surface area (Å²) in [6.45, 7) is 2.15. The number of hydrogen-bond acceptors (Lipinski definition) is 4. The smallest absolute Gasteiger partial charge is 0.407 e. The summed E-state index contributed by atoms with van der Waals surface area (Å²) in [4.78, 5) is 25.9. The van der Waals surface area contributed by atoms with Crippen molar-refractivity contribution in [2.45, 2.75) is 13.0 Å². The molecule has 7 nitrogen and oxygen atoms in total. The lowest BCUT2D eigenvalue weighted by molar-refractivity contribution is 0.139.